The SMILES string of the molecule is CCC(C)(C)N(C)Cc1ccc(F)cc1C=CC(=O)O. The van der Waals surface area contributed by atoms with E-state index in [0.717, 1.165) is 18.1 Å². The van der Waals surface area contributed by atoms with Crippen molar-refractivity contribution in [2.45, 2.75) is 39.3 Å². The number of carboxylic acids is 1. The Bertz CT molecular complexity index is 509. The van der Waals surface area contributed by atoms with Crippen LogP contribution in [0, 0.1) is 5.82 Å². The lowest BCUT2D eigenvalue weighted by Crippen LogP contribution is -2.39. The van der Waals surface area contributed by atoms with Crippen LogP contribution in [0.2, 0.25) is 0 Å². The minimum atomic E-state index is -1.04. The molecule has 3 nitrogen and oxygen atoms in total. The highest BCUT2D eigenvalue weighted by molar-refractivity contribution is 5.85. The molecule has 0 aliphatic carbocycles. The van der Waals surface area contributed by atoms with Crippen LogP contribution in [0.1, 0.15) is 38.3 Å². The number of rotatable bonds is 6. The maximum atomic E-state index is 13.3. The van der Waals surface area contributed by atoms with Crippen LogP contribution in [0.25, 0.3) is 6.08 Å². The van der Waals surface area contributed by atoms with E-state index in [1.807, 2.05) is 7.05 Å². The maximum absolute atomic E-state index is 13.3. The Morgan fingerprint density at radius 3 is 2.65 bits per heavy atom. The lowest BCUT2D eigenvalue weighted by atomic mass is 9.98. The summed E-state index contributed by atoms with van der Waals surface area (Å²) in [6.45, 7) is 7.04. The molecule has 0 radical (unpaired) electrons. The van der Waals surface area contributed by atoms with Crippen molar-refractivity contribution < 1.29 is 14.3 Å². The number of aliphatic carboxylic acids is 1. The molecule has 4 heteroatoms. The van der Waals surface area contributed by atoms with Gasteiger partial charge in [0, 0.05) is 18.2 Å². The molecule has 20 heavy (non-hydrogen) atoms. The molecule has 0 aromatic heterocycles. The molecular weight excluding hydrogens is 257 g/mol. The number of hydrogen-bond donors (Lipinski definition) is 1. The van der Waals surface area contributed by atoms with E-state index in [1.54, 1.807) is 6.07 Å². The Labute approximate surface area is 119 Å². The zero-order valence-corrected chi connectivity index (χ0v) is 12.5. The molecule has 1 N–H and O–H groups in total. The van der Waals surface area contributed by atoms with Crippen LogP contribution in [-0.4, -0.2) is 28.6 Å². The van der Waals surface area contributed by atoms with Crippen molar-refractivity contribution in [3.05, 3.63) is 41.2 Å². The molecule has 0 atom stereocenters. The van der Waals surface area contributed by atoms with E-state index in [9.17, 15) is 9.18 Å². The number of halogens is 1. The first-order valence-electron chi connectivity index (χ1n) is 6.67. The molecular formula is C16H22FNO2. The zero-order valence-electron chi connectivity index (χ0n) is 12.5. The van der Waals surface area contributed by atoms with E-state index in [4.69, 9.17) is 5.11 Å². The molecule has 0 heterocycles. The molecule has 0 fully saturated rings. The Morgan fingerprint density at radius 1 is 1.45 bits per heavy atom. The number of nitrogens with zero attached hydrogens (tertiary/aromatic N) is 1. The van der Waals surface area contributed by atoms with Crippen LogP contribution >= 0.6 is 0 Å². The Morgan fingerprint density at radius 2 is 2.10 bits per heavy atom. The summed E-state index contributed by atoms with van der Waals surface area (Å²) in [5.74, 6) is -1.40. The first kappa shape index (κ1) is 16.4. The minimum Gasteiger partial charge on any atom is -0.478 e. The third-order valence-corrected chi connectivity index (χ3v) is 3.82. The van der Waals surface area contributed by atoms with Crippen molar-refractivity contribution >= 4 is 12.0 Å². The fraction of sp³-hybridized carbons (Fsp3) is 0.438. The molecule has 110 valence electrons. The first-order chi connectivity index (χ1) is 9.26. The first-order valence-corrected chi connectivity index (χ1v) is 6.67. The van der Waals surface area contributed by atoms with Crippen molar-refractivity contribution in [3.8, 4) is 0 Å². The summed E-state index contributed by atoms with van der Waals surface area (Å²) in [4.78, 5) is 12.8. The van der Waals surface area contributed by atoms with Gasteiger partial charge in [-0.25, -0.2) is 9.18 Å². The second-order valence-corrected chi connectivity index (χ2v) is 5.54. The lowest BCUT2D eigenvalue weighted by Gasteiger charge is -2.35. The minimum absolute atomic E-state index is 0.0299. The molecule has 1 aromatic rings. The highest BCUT2D eigenvalue weighted by atomic mass is 19.1. The summed E-state index contributed by atoms with van der Waals surface area (Å²) in [5, 5.41) is 8.69. The summed E-state index contributed by atoms with van der Waals surface area (Å²) in [5.41, 5.74) is 1.54. The second-order valence-electron chi connectivity index (χ2n) is 5.54. The van der Waals surface area contributed by atoms with Gasteiger partial charge in [-0.1, -0.05) is 13.0 Å². The molecule has 0 saturated heterocycles. The van der Waals surface area contributed by atoms with Gasteiger partial charge < -0.3 is 5.11 Å². The average molecular weight is 279 g/mol. The quantitative estimate of drug-likeness (QED) is 0.810. The largest absolute Gasteiger partial charge is 0.478 e. The Balaban J connectivity index is 3.03. The van der Waals surface area contributed by atoms with Gasteiger partial charge in [-0.2, -0.15) is 0 Å². The third-order valence-electron chi connectivity index (χ3n) is 3.82. The number of carbonyl (C=O) groups is 1. The van der Waals surface area contributed by atoms with E-state index in [1.165, 1.54) is 18.2 Å². The van der Waals surface area contributed by atoms with Crippen molar-refractivity contribution in [2.24, 2.45) is 0 Å². The van der Waals surface area contributed by atoms with Gasteiger partial charge in [-0.05, 0) is 56.7 Å². The summed E-state index contributed by atoms with van der Waals surface area (Å²) in [6.07, 6.45) is 3.46. The fourth-order valence-corrected chi connectivity index (χ4v) is 1.77. The van der Waals surface area contributed by atoms with E-state index in [0.29, 0.717) is 12.1 Å². The van der Waals surface area contributed by atoms with Crippen molar-refractivity contribution in [3.63, 3.8) is 0 Å². The van der Waals surface area contributed by atoms with Gasteiger partial charge in [0.2, 0.25) is 0 Å². The van der Waals surface area contributed by atoms with Gasteiger partial charge in [-0.15, -0.1) is 0 Å². The van der Waals surface area contributed by atoms with Crippen molar-refractivity contribution in [1.82, 2.24) is 4.90 Å². The summed E-state index contributed by atoms with van der Waals surface area (Å²) in [6, 6.07) is 4.47. The maximum Gasteiger partial charge on any atom is 0.328 e. The summed E-state index contributed by atoms with van der Waals surface area (Å²) in [7, 11) is 2.01. The standard InChI is InChI=1S/C16H22FNO2/c1-5-16(2,3)18(4)11-13-6-8-14(17)10-12(13)7-9-15(19)20/h6-10H,5,11H2,1-4H3,(H,19,20). The molecule has 1 rings (SSSR count). The van der Waals surface area contributed by atoms with Gasteiger partial charge in [0.15, 0.2) is 0 Å². The van der Waals surface area contributed by atoms with Gasteiger partial charge in [0.05, 0.1) is 0 Å². The highest BCUT2D eigenvalue weighted by Crippen LogP contribution is 2.22. The van der Waals surface area contributed by atoms with Crippen LogP contribution in [0.3, 0.4) is 0 Å². The van der Waals surface area contributed by atoms with Crippen LogP contribution < -0.4 is 0 Å². The van der Waals surface area contributed by atoms with Crippen molar-refractivity contribution in [2.75, 3.05) is 7.05 Å². The second kappa shape index (κ2) is 6.66. The van der Waals surface area contributed by atoms with E-state index >= 15 is 0 Å². The van der Waals surface area contributed by atoms with Gasteiger partial charge in [0.25, 0.3) is 0 Å². The molecule has 1 aromatic carbocycles. The van der Waals surface area contributed by atoms with Crippen molar-refractivity contribution in [1.29, 1.82) is 0 Å². The Kier molecular flexibility index (Phi) is 5.45. The van der Waals surface area contributed by atoms with E-state index < -0.39 is 5.97 Å². The topological polar surface area (TPSA) is 40.5 Å². The summed E-state index contributed by atoms with van der Waals surface area (Å²) >= 11 is 0. The number of carboxylic acid groups (broad SMARTS) is 1. The van der Waals surface area contributed by atoms with Crippen LogP contribution in [0.5, 0.6) is 0 Å². The van der Waals surface area contributed by atoms with Crippen LogP contribution in [0.15, 0.2) is 24.3 Å². The molecule has 0 aliphatic rings. The Hall–Kier alpha value is -1.68. The van der Waals surface area contributed by atoms with Gasteiger partial charge in [0.1, 0.15) is 5.82 Å². The molecule has 0 aliphatic heterocycles. The number of hydrogen-bond acceptors (Lipinski definition) is 2. The molecule has 0 saturated carbocycles. The predicted molar refractivity (Wildman–Crippen MR) is 78.9 cm³/mol. The molecule has 0 bridgehead atoms. The predicted octanol–water partition coefficient (Wildman–Crippen LogP) is 3.54. The highest BCUT2D eigenvalue weighted by Gasteiger charge is 2.21. The van der Waals surface area contributed by atoms with E-state index in [-0.39, 0.29) is 11.4 Å². The molecule has 0 amide bonds. The zero-order chi connectivity index (χ0) is 15.3. The van der Waals surface area contributed by atoms with Crippen LogP contribution in [0.4, 0.5) is 4.39 Å². The summed E-state index contributed by atoms with van der Waals surface area (Å²) < 4.78 is 13.3. The van der Waals surface area contributed by atoms with Crippen LogP contribution in [-0.2, 0) is 11.3 Å². The molecule has 0 unspecified atom stereocenters. The average Bonchev–Trinajstić information content (AvgIpc) is 2.38. The molecule has 0 spiro atoms. The number of benzene rings is 1. The normalized spacial score (nSPS) is 12.3. The van der Waals surface area contributed by atoms with Gasteiger partial charge >= 0.3 is 5.97 Å². The van der Waals surface area contributed by atoms with Gasteiger partial charge in [-0.3, -0.25) is 4.90 Å². The fourth-order valence-electron chi connectivity index (χ4n) is 1.77. The monoisotopic (exact) mass is 279 g/mol. The smallest absolute Gasteiger partial charge is 0.328 e. The van der Waals surface area contributed by atoms with E-state index in [2.05, 4.69) is 25.7 Å². The lowest BCUT2D eigenvalue weighted by molar-refractivity contribution is -0.131. The third kappa shape index (κ3) is 4.46.